The summed E-state index contributed by atoms with van der Waals surface area (Å²) in [7, 11) is 1.61. The van der Waals surface area contributed by atoms with E-state index in [1.165, 1.54) is 12.1 Å². The third-order valence-corrected chi connectivity index (χ3v) is 2.36. The minimum absolute atomic E-state index is 0. The smallest absolute Gasteiger partial charge is 0.269 e. The van der Waals surface area contributed by atoms with Gasteiger partial charge in [0, 0.05) is 25.3 Å². The van der Waals surface area contributed by atoms with Crippen molar-refractivity contribution in [3.05, 3.63) is 39.9 Å². The SMILES string of the molecule is COCC(C)NC(N)=NCc1cccc([N+](=O)[O-])c1.I. The molecule has 0 amide bonds. The van der Waals surface area contributed by atoms with Gasteiger partial charge in [0.1, 0.15) is 0 Å². The Hall–Kier alpha value is -1.42. The number of hydrogen-bond donors (Lipinski definition) is 2. The molecular formula is C12H19IN4O3. The van der Waals surface area contributed by atoms with Crippen molar-refractivity contribution >= 4 is 35.6 Å². The molecule has 1 unspecified atom stereocenters. The van der Waals surface area contributed by atoms with Gasteiger partial charge in [-0.15, -0.1) is 24.0 Å². The molecule has 0 aliphatic rings. The van der Waals surface area contributed by atoms with Gasteiger partial charge >= 0.3 is 0 Å². The van der Waals surface area contributed by atoms with Crippen LogP contribution in [-0.2, 0) is 11.3 Å². The standard InChI is InChI=1S/C12H18N4O3.HI/c1-9(8-19-2)15-12(13)14-7-10-4-3-5-11(6-10)16(17)18;/h3-6,9H,7-8H2,1-2H3,(H3,13,14,15);1H. The largest absolute Gasteiger partial charge is 0.383 e. The number of ether oxygens (including phenoxy) is 1. The summed E-state index contributed by atoms with van der Waals surface area (Å²) in [5.74, 6) is 0.288. The van der Waals surface area contributed by atoms with Crippen LogP contribution in [-0.4, -0.2) is 30.6 Å². The molecular weight excluding hydrogens is 375 g/mol. The van der Waals surface area contributed by atoms with Gasteiger partial charge in [0.25, 0.3) is 5.69 Å². The molecule has 1 aromatic rings. The predicted molar refractivity (Wildman–Crippen MR) is 88.3 cm³/mol. The molecule has 1 aromatic carbocycles. The molecule has 112 valence electrons. The summed E-state index contributed by atoms with van der Waals surface area (Å²) in [6.45, 7) is 2.73. The van der Waals surface area contributed by atoms with Crippen molar-refractivity contribution in [3.8, 4) is 0 Å². The number of hydrogen-bond acceptors (Lipinski definition) is 4. The number of nitro groups is 1. The second-order valence-corrected chi connectivity index (χ2v) is 4.13. The molecule has 0 saturated carbocycles. The number of benzene rings is 1. The topological polar surface area (TPSA) is 103 Å². The third-order valence-electron chi connectivity index (χ3n) is 2.36. The quantitative estimate of drug-likeness (QED) is 0.251. The van der Waals surface area contributed by atoms with Crippen molar-refractivity contribution in [1.82, 2.24) is 5.32 Å². The molecule has 1 rings (SSSR count). The van der Waals surface area contributed by atoms with Crippen molar-refractivity contribution in [1.29, 1.82) is 0 Å². The van der Waals surface area contributed by atoms with Crippen LogP contribution in [0.2, 0.25) is 0 Å². The Kier molecular flexibility index (Phi) is 8.81. The molecule has 0 fully saturated rings. The number of nitrogens with two attached hydrogens (primary N) is 1. The van der Waals surface area contributed by atoms with Crippen molar-refractivity contribution in [2.24, 2.45) is 10.7 Å². The van der Waals surface area contributed by atoms with Gasteiger partial charge in [-0.3, -0.25) is 10.1 Å². The fraction of sp³-hybridized carbons (Fsp3) is 0.417. The Labute approximate surface area is 134 Å². The fourth-order valence-corrected chi connectivity index (χ4v) is 1.53. The molecule has 0 aliphatic carbocycles. The Bertz CT molecular complexity index is 468. The molecule has 0 spiro atoms. The maximum absolute atomic E-state index is 10.6. The van der Waals surface area contributed by atoms with Crippen molar-refractivity contribution in [2.45, 2.75) is 19.5 Å². The minimum atomic E-state index is -0.435. The number of methoxy groups -OCH3 is 1. The van der Waals surface area contributed by atoms with Crippen LogP contribution in [0.15, 0.2) is 29.3 Å². The van der Waals surface area contributed by atoms with Crippen LogP contribution in [0.25, 0.3) is 0 Å². The van der Waals surface area contributed by atoms with Crippen LogP contribution >= 0.6 is 24.0 Å². The number of nitrogens with one attached hydrogen (secondary N) is 1. The van der Waals surface area contributed by atoms with E-state index in [4.69, 9.17) is 10.5 Å². The lowest BCUT2D eigenvalue weighted by Crippen LogP contribution is -2.40. The minimum Gasteiger partial charge on any atom is -0.383 e. The zero-order chi connectivity index (χ0) is 14.3. The molecule has 8 heteroatoms. The first-order chi connectivity index (χ1) is 9.02. The van der Waals surface area contributed by atoms with Gasteiger partial charge in [0.05, 0.1) is 18.1 Å². The predicted octanol–water partition coefficient (Wildman–Crippen LogP) is 1.65. The number of rotatable bonds is 6. The van der Waals surface area contributed by atoms with E-state index in [-0.39, 0.29) is 41.7 Å². The monoisotopic (exact) mass is 394 g/mol. The molecule has 3 N–H and O–H groups in total. The van der Waals surface area contributed by atoms with Gasteiger partial charge < -0.3 is 15.8 Å². The first kappa shape index (κ1) is 18.6. The van der Waals surface area contributed by atoms with E-state index in [1.807, 2.05) is 6.92 Å². The summed E-state index contributed by atoms with van der Waals surface area (Å²) >= 11 is 0. The summed E-state index contributed by atoms with van der Waals surface area (Å²) < 4.78 is 4.96. The van der Waals surface area contributed by atoms with E-state index in [9.17, 15) is 10.1 Å². The lowest BCUT2D eigenvalue weighted by atomic mass is 10.2. The lowest BCUT2D eigenvalue weighted by molar-refractivity contribution is -0.384. The highest BCUT2D eigenvalue weighted by Gasteiger charge is 2.05. The highest BCUT2D eigenvalue weighted by atomic mass is 127. The normalized spacial score (nSPS) is 12.4. The van der Waals surface area contributed by atoms with Crippen LogP contribution < -0.4 is 11.1 Å². The van der Waals surface area contributed by atoms with E-state index in [1.54, 1.807) is 19.2 Å². The van der Waals surface area contributed by atoms with Gasteiger partial charge in [-0.05, 0) is 12.5 Å². The number of non-ortho nitro benzene ring substituents is 1. The maximum atomic E-state index is 10.6. The molecule has 1 atom stereocenters. The molecule has 0 radical (unpaired) electrons. The molecule has 0 aromatic heterocycles. The molecule has 20 heavy (non-hydrogen) atoms. The summed E-state index contributed by atoms with van der Waals surface area (Å²) in [5, 5.41) is 13.6. The highest BCUT2D eigenvalue weighted by molar-refractivity contribution is 14.0. The van der Waals surface area contributed by atoms with E-state index in [0.29, 0.717) is 13.2 Å². The van der Waals surface area contributed by atoms with Crippen LogP contribution in [0.4, 0.5) is 5.69 Å². The molecule has 0 bridgehead atoms. The highest BCUT2D eigenvalue weighted by Crippen LogP contribution is 2.13. The van der Waals surface area contributed by atoms with Gasteiger partial charge in [-0.25, -0.2) is 4.99 Å². The zero-order valence-corrected chi connectivity index (χ0v) is 13.7. The first-order valence-electron chi connectivity index (χ1n) is 5.81. The maximum Gasteiger partial charge on any atom is 0.269 e. The fourth-order valence-electron chi connectivity index (χ4n) is 1.53. The molecule has 0 aliphatic heterocycles. The van der Waals surface area contributed by atoms with Crippen molar-refractivity contribution < 1.29 is 9.66 Å². The Balaban J connectivity index is 0.00000361. The number of aliphatic imine (C=N–C) groups is 1. The molecule has 0 saturated heterocycles. The Morgan fingerprint density at radius 3 is 2.90 bits per heavy atom. The summed E-state index contributed by atoms with van der Waals surface area (Å²) in [4.78, 5) is 14.3. The third kappa shape index (κ3) is 6.66. The van der Waals surface area contributed by atoms with Crippen LogP contribution in [0.3, 0.4) is 0 Å². The summed E-state index contributed by atoms with van der Waals surface area (Å²) in [6.07, 6.45) is 0. The van der Waals surface area contributed by atoms with Crippen LogP contribution in [0.5, 0.6) is 0 Å². The molecule has 0 heterocycles. The number of nitro benzene ring substituents is 1. The van der Waals surface area contributed by atoms with E-state index in [2.05, 4.69) is 10.3 Å². The zero-order valence-electron chi connectivity index (χ0n) is 11.4. The van der Waals surface area contributed by atoms with Gasteiger partial charge in [0.2, 0.25) is 0 Å². The van der Waals surface area contributed by atoms with E-state index < -0.39 is 4.92 Å². The second-order valence-electron chi connectivity index (χ2n) is 4.13. The lowest BCUT2D eigenvalue weighted by Gasteiger charge is -2.12. The van der Waals surface area contributed by atoms with Crippen LogP contribution in [0.1, 0.15) is 12.5 Å². The average molecular weight is 394 g/mol. The number of guanidine groups is 1. The summed E-state index contributed by atoms with van der Waals surface area (Å²) in [6, 6.07) is 6.37. The number of halogens is 1. The van der Waals surface area contributed by atoms with Crippen molar-refractivity contribution in [3.63, 3.8) is 0 Å². The second kappa shape index (κ2) is 9.48. The van der Waals surface area contributed by atoms with Crippen LogP contribution in [0, 0.1) is 10.1 Å². The van der Waals surface area contributed by atoms with Gasteiger partial charge in [-0.2, -0.15) is 0 Å². The molecule has 7 nitrogen and oxygen atoms in total. The number of nitrogens with zero attached hydrogens (tertiary/aromatic N) is 2. The Morgan fingerprint density at radius 1 is 1.60 bits per heavy atom. The average Bonchev–Trinajstić information content (AvgIpc) is 2.37. The first-order valence-corrected chi connectivity index (χ1v) is 5.81. The van der Waals surface area contributed by atoms with E-state index in [0.717, 1.165) is 5.56 Å². The summed E-state index contributed by atoms with van der Waals surface area (Å²) in [5.41, 5.74) is 6.48. The van der Waals surface area contributed by atoms with Crippen molar-refractivity contribution in [2.75, 3.05) is 13.7 Å². The Morgan fingerprint density at radius 2 is 2.30 bits per heavy atom. The van der Waals surface area contributed by atoms with E-state index >= 15 is 0 Å². The van der Waals surface area contributed by atoms with Gasteiger partial charge in [0.15, 0.2) is 5.96 Å². The van der Waals surface area contributed by atoms with Gasteiger partial charge in [-0.1, -0.05) is 12.1 Å².